The number of piperidine rings is 3. The van der Waals surface area contributed by atoms with Gasteiger partial charge < -0.3 is 34.6 Å². The Labute approximate surface area is 469 Å². The second kappa shape index (κ2) is 22.3. The maximum atomic E-state index is 14.3. The van der Waals surface area contributed by atoms with Crippen molar-refractivity contribution in [3.63, 3.8) is 0 Å². The van der Waals surface area contributed by atoms with Gasteiger partial charge in [-0.05, 0) is 148 Å². The molecule has 22 heteroatoms. The molecular weight excluding hydrogens is 1070 g/mol. The first-order valence-electron chi connectivity index (χ1n) is 26.9. The predicted octanol–water partition coefficient (Wildman–Crippen LogP) is 9.01. The zero-order chi connectivity index (χ0) is 56.9. The molecule has 3 fully saturated rings. The van der Waals surface area contributed by atoms with Crippen LogP contribution >= 0.6 is 22.9 Å². The summed E-state index contributed by atoms with van der Waals surface area (Å²) in [6.45, 7) is 16.0. The summed E-state index contributed by atoms with van der Waals surface area (Å²) in [5.41, 5.74) is 3.51. The summed E-state index contributed by atoms with van der Waals surface area (Å²) in [6.07, 6.45) is 4.59. The molecule has 0 bridgehead atoms. The molecule has 424 valence electrons. The van der Waals surface area contributed by atoms with Gasteiger partial charge in [0.2, 0.25) is 21.8 Å². The summed E-state index contributed by atoms with van der Waals surface area (Å²) in [7, 11) is -2.09. The molecule has 5 aromatic rings. The van der Waals surface area contributed by atoms with Crippen molar-refractivity contribution in [3.05, 3.63) is 92.2 Å². The van der Waals surface area contributed by atoms with Crippen molar-refractivity contribution in [2.24, 2.45) is 7.05 Å². The minimum atomic E-state index is -3.82. The predicted molar refractivity (Wildman–Crippen MR) is 306 cm³/mol. The number of carbonyl (C=O) groups is 5. The highest BCUT2D eigenvalue weighted by Gasteiger charge is 2.42. The number of sulfonamides is 1. The number of benzene rings is 3. The second-order valence-corrected chi connectivity index (χ2v) is 26.9. The molecular formula is C57H71ClN8O11S2. The fourth-order valence-corrected chi connectivity index (χ4v) is 14.9. The van der Waals surface area contributed by atoms with Crippen molar-refractivity contribution in [2.75, 3.05) is 48.3 Å². The Bertz CT molecular complexity index is 3380. The Hall–Kier alpha value is -6.42. The monoisotopic (exact) mass is 1140 g/mol. The number of nitrogens with one attached hydrogen (secondary N) is 3. The summed E-state index contributed by atoms with van der Waals surface area (Å²) >= 11 is 8.04. The van der Waals surface area contributed by atoms with Crippen LogP contribution in [0.15, 0.2) is 65.5 Å². The number of nitrogens with zero attached hydrogens (tertiary/aromatic N) is 5. The number of amides is 4. The number of aromatic nitrogens is 2. The van der Waals surface area contributed by atoms with Crippen molar-refractivity contribution in [1.29, 1.82) is 0 Å². The number of imidazole rings is 1. The van der Waals surface area contributed by atoms with Gasteiger partial charge in [0.25, 0.3) is 0 Å². The van der Waals surface area contributed by atoms with Crippen molar-refractivity contribution >= 4 is 90.8 Å². The van der Waals surface area contributed by atoms with E-state index in [1.54, 1.807) is 86.6 Å². The van der Waals surface area contributed by atoms with Crippen molar-refractivity contribution in [1.82, 2.24) is 23.7 Å². The lowest BCUT2D eigenvalue weighted by molar-refractivity contribution is -0.157. The highest BCUT2D eigenvalue weighted by molar-refractivity contribution is 7.88. The topological polar surface area (TPSA) is 220 Å². The van der Waals surface area contributed by atoms with E-state index in [9.17, 15) is 37.2 Å². The van der Waals surface area contributed by atoms with Gasteiger partial charge in [0, 0.05) is 79.9 Å². The fourth-order valence-electron chi connectivity index (χ4n) is 11.5. The number of ether oxygens (including phenoxy) is 3. The van der Waals surface area contributed by atoms with Crippen LogP contribution in [0.2, 0.25) is 5.02 Å². The first-order valence-corrected chi connectivity index (χ1v) is 29.7. The number of hydrogen-bond donors (Lipinski definition) is 3. The number of likely N-dealkylation sites (tertiary alicyclic amines) is 1. The minimum Gasteiger partial charge on any atom is -0.479 e. The number of aryl methyl sites for hydroxylation is 2. The van der Waals surface area contributed by atoms with Gasteiger partial charge in [-0.1, -0.05) is 35.9 Å². The summed E-state index contributed by atoms with van der Waals surface area (Å²) in [6, 6.07) is 17.5. The number of thiophene rings is 1. The van der Waals surface area contributed by atoms with Crippen molar-refractivity contribution in [2.45, 2.75) is 147 Å². The van der Waals surface area contributed by atoms with E-state index in [2.05, 4.69) is 20.9 Å². The Morgan fingerprint density at radius 3 is 2.27 bits per heavy atom. The van der Waals surface area contributed by atoms with Gasteiger partial charge in [-0.3, -0.25) is 24.0 Å². The minimum absolute atomic E-state index is 0.0317. The summed E-state index contributed by atoms with van der Waals surface area (Å²) in [4.78, 5) is 83.0. The van der Waals surface area contributed by atoms with Gasteiger partial charge in [-0.25, -0.2) is 27.6 Å². The normalized spacial score (nSPS) is 19.4. The summed E-state index contributed by atoms with van der Waals surface area (Å²) in [5.74, 6) is -2.28. The lowest BCUT2D eigenvalue weighted by Crippen LogP contribution is -2.55. The molecule has 2 atom stereocenters. The van der Waals surface area contributed by atoms with Crippen LogP contribution in [0.1, 0.15) is 127 Å². The average molecular weight is 1140 g/mol. The largest absolute Gasteiger partial charge is 0.479 e. The third kappa shape index (κ3) is 12.6. The number of rotatable bonds is 13. The number of fused-ring (bicyclic) bond motifs is 3. The summed E-state index contributed by atoms with van der Waals surface area (Å²) < 4.78 is 50.2. The van der Waals surface area contributed by atoms with Crippen molar-refractivity contribution < 1.29 is 46.6 Å². The van der Waals surface area contributed by atoms with Gasteiger partial charge in [0.05, 0.1) is 21.7 Å². The van der Waals surface area contributed by atoms with Crippen LogP contribution in [-0.2, 0) is 53.1 Å². The van der Waals surface area contributed by atoms with Crippen LogP contribution in [0, 0.1) is 0 Å². The Balaban J connectivity index is 0.802. The number of hydrogen-bond acceptors (Lipinski definition) is 14. The maximum Gasteiger partial charge on any atom is 0.352 e. The number of anilines is 3. The highest BCUT2D eigenvalue weighted by Crippen LogP contribution is 2.47. The van der Waals surface area contributed by atoms with E-state index in [1.807, 2.05) is 50.2 Å². The number of imide groups is 1. The van der Waals surface area contributed by atoms with E-state index >= 15 is 0 Å². The first kappa shape index (κ1) is 57.3. The fraction of sp³-hybridized carbons (Fsp3) is 0.509. The van der Waals surface area contributed by atoms with E-state index in [0.717, 1.165) is 66.0 Å². The lowest BCUT2D eigenvalue weighted by atomic mass is 9.89. The molecule has 1 unspecified atom stereocenters. The molecule has 4 aliphatic rings. The molecule has 3 N–H and O–H groups in total. The number of esters is 2. The third-order valence-electron chi connectivity index (χ3n) is 14.8. The molecule has 0 aliphatic carbocycles. The van der Waals surface area contributed by atoms with E-state index in [0.29, 0.717) is 53.1 Å². The smallest absolute Gasteiger partial charge is 0.352 e. The van der Waals surface area contributed by atoms with E-state index in [1.165, 1.54) is 4.57 Å². The number of carbonyl (C=O) groups excluding carboxylic acids is 5. The quantitative estimate of drug-likeness (QED) is 0.0741. The molecule has 6 heterocycles. The third-order valence-corrected chi connectivity index (χ3v) is 18.5. The molecule has 3 aromatic carbocycles. The van der Waals surface area contributed by atoms with Crippen LogP contribution in [0.3, 0.4) is 0 Å². The molecule has 0 radical (unpaired) electrons. The number of halogens is 1. The number of urea groups is 1. The van der Waals surface area contributed by atoms with Gasteiger partial charge in [0.1, 0.15) is 22.3 Å². The Morgan fingerprint density at radius 1 is 0.861 bits per heavy atom. The Morgan fingerprint density at radius 2 is 1.57 bits per heavy atom. The zero-order valence-corrected chi connectivity index (χ0v) is 48.7. The second-order valence-electron chi connectivity index (χ2n) is 23.6. The van der Waals surface area contributed by atoms with Crippen LogP contribution in [0.25, 0.3) is 21.5 Å². The molecule has 9 rings (SSSR count). The van der Waals surface area contributed by atoms with Gasteiger partial charge in [-0.15, -0.1) is 11.3 Å². The molecule has 4 amide bonds. The standard InChI is InChI=1S/C57H71ClN8O11S2/c1-55(2,3)76-45(68)32-75-48-46(58)49(78-50(48)52(70)77-56(4,5)6)35-14-11-16-37(30-35)59-38-22-28-65(57(7,8)31-38)79(73,74)33-34-13-10-15-36(29-34)60-53(71)63-26-23-39(24-27-63)64-25-12-17-40-41(64)18-19-42-47(40)62(9)54(72)66(42)43-20-21-44(67)61-51(43)69/h10-11,13-16,18-19,29-30,38-39,43,59H,12,17,20-28,31-33H2,1-9H3,(H,60,71)(H,61,67,69)/t38-,43?/m0/s1. The Kier molecular flexibility index (Phi) is 16.1. The molecule has 79 heavy (non-hydrogen) atoms. The van der Waals surface area contributed by atoms with Crippen LogP contribution in [0.4, 0.5) is 21.9 Å². The van der Waals surface area contributed by atoms with Gasteiger partial charge >= 0.3 is 23.7 Å². The van der Waals surface area contributed by atoms with Crippen LogP contribution in [-0.4, -0.2) is 118 Å². The zero-order valence-electron chi connectivity index (χ0n) is 46.3. The highest BCUT2D eigenvalue weighted by atomic mass is 35.5. The van der Waals surface area contributed by atoms with E-state index in [-0.39, 0.29) is 70.5 Å². The molecule has 2 aromatic heterocycles. The van der Waals surface area contributed by atoms with Crippen LogP contribution in [0.5, 0.6) is 5.75 Å². The molecule has 0 spiro atoms. The maximum absolute atomic E-state index is 14.3. The average Bonchev–Trinajstić information content (AvgIpc) is 3.92. The van der Waals surface area contributed by atoms with Crippen molar-refractivity contribution in [3.8, 4) is 16.2 Å². The summed E-state index contributed by atoms with van der Waals surface area (Å²) in [5, 5.41) is 9.15. The van der Waals surface area contributed by atoms with Crippen LogP contribution < -0.4 is 31.3 Å². The van der Waals surface area contributed by atoms with Gasteiger partial charge in [-0.2, -0.15) is 4.31 Å². The molecule has 0 saturated carbocycles. The molecule has 4 aliphatic heterocycles. The molecule has 3 saturated heterocycles. The molecule has 19 nitrogen and oxygen atoms in total. The first-order chi connectivity index (χ1) is 37.2. The van der Waals surface area contributed by atoms with E-state index in [4.69, 9.17) is 25.8 Å². The van der Waals surface area contributed by atoms with E-state index < -0.39 is 57.3 Å². The lowest BCUT2D eigenvalue weighted by Gasteiger charge is -2.45. The van der Waals surface area contributed by atoms with Gasteiger partial charge in [0.15, 0.2) is 17.2 Å². The SMILES string of the molecule is Cn1c(=O)n(C2CCC(=O)NC2=O)c2ccc3c(c21)CCCN3C1CCN(C(=O)Nc2cccc(CS(=O)(=O)N3CC[C@H](Nc4cccc(-c5sc(C(=O)OC(C)(C)C)c(OCC(=O)OC(C)(C)C)c5Cl)c4)CC3(C)C)c2)CC1.